The fourth-order valence-corrected chi connectivity index (χ4v) is 3.51. The zero-order chi connectivity index (χ0) is 13.9. The number of carbonyl (C=O) groups excluding carboxylic acids is 1. The van der Waals surface area contributed by atoms with Crippen LogP contribution in [0.2, 0.25) is 0 Å². The molecule has 3 nitrogen and oxygen atoms in total. The number of fused-ring (bicyclic) bond motifs is 1. The Balaban J connectivity index is 1.80. The number of nitriles is 1. The summed E-state index contributed by atoms with van der Waals surface area (Å²) >= 11 is 0. The third kappa shape index (κ3) is 2.43. The highest BCUT2D eigenvalue weighted by Gasteiger charge is 2.32. The summed E-state index contributed by atoms with van der Waals surface area (Å²) < 4.78 is 0. The maximum absolute atomic E-state index is 12.8. The monoisotopic (exact) mass is 268 g/mol. The molecule has 104 valence electrons. The smallest absolute Gasteiger partial charge is 0.230 e. The molecule has 1 aliphatic carbocycles. The van der Waals surface area contributed by atoms with Gasteiger partial charge in [-0.25, -0.2) is 0 Å². The molecule has 20 heavy (non-hydrogen) atoms. The highest BCUT2D eigenvalue weighted by Crippen LogP contribution is 2.33. The minimum absolute atomic E-state index is 0.0115. The second kappa shape index (κ2) is 5.66. The van der Waals surface area contributed by atoms with Crippen molar-refractivity contribution in [1.29, 1.82) is 5.26 Å². The van der Waals surface area contributed by atoms with Crippen molar-refractivity contribution in [3.8, 4) is 6.07 Å². The molecule has 0 N–H and O–H groups in total. The second-order valence-electron chi connectivity index (χ2n) is 5.90. The van der Waals surface area contributed by atoms with Crippen molar-refractivity contribution in [2.45, 2.75) is 38.0 Å². The van der Waals surface area contributed by atoms with E-state index >= 15 is 0 Å². The average Bonchev–Trinajstić information content (AvgIpc) is 2.53. The number of nitrogens with zero attached hydrogens (tertiary/aromatic N) is 2. The molecule has 0 radical (unpaired) electrons. The van der Waals surface area contributed by atoms with E-state index in [0.29, 0.717) is 6.54 Å². The van der Waals surface area contributed by atoms with Gasteiger partial charge < -0.3 is 4.90 Å². The summed E-state index contributed by atoms with van der Waals surface area (Å²) in [7, 11) is 0. The standard InChI is InChI=1S/C17H20N2O/c18-11-13-5-4-10-19(12-13)17(20)16-9-3-7-14-6-1-2-8-15(14)16/h1-2,6,8,13,16H,3-5,7,9-10,12H2. The van der Waals surface area contributed by atoms with Gasteiger partial charge in [0.05, 0.1) is 17.9 Å². The number of likely N-dealkylation sites (tertiary alicyclic amines) is 1. The lowest BCUT2D eigenvalue weighted by molar-refractivity contribution is -0.134. The Kier molecular flexibility index (Phi) is 3.73. The molecule has 2 aliphatic rings. The molecule has 3 heteroatoms. The molecule has 1 heterocycles. The molecule has 1 aromatic rings. The van der Waals surface area contributed by atoms with Gasteiger partial charge in [0.2, 0.25) is 5.91 Å². The number of rotatable bonds is 1. The summed E-state index contributed by atoms with van der Waals surface area (Å²) in [5.41, 5.74) is 2.54. The maximum Gasteiger partial charge on any atom is 0.230 e. The van der Waals surface area contributed by atoms with E-state index in [1.165, 1.54) is 11.1 Å². The SMILES string of the molecule is N#CC1CCCN(C(=O)C2CCCc3ccccc32)C1. The first-order chi connectivity index (χ1) is 9.79. The van der Waals surface area contributed by atoms with Crippen molar-refractivity contribution in [2.75, 3.05) is 13.1 Å². The molecular weight excluding hydrogens is 248 g/mol. The Morgan fingerprint density at radius 3 is 2.95 bits per heavy atom. The number of amides is 1. The fourth-order valence-electron chi connectivity index (χ4n) is 3.51. The zero-order valence-corrected chi connectivity index (χ0v) is 11.7. The Labute approximate surface area is 120 Å². The number of aryl methyl sites for hydroxylation is 1. The molecule has 0 saturated carbocycles. The molecule has 2 atom stereocenters. The summed E-state index contributed by atoms with van der Waals surface area (Å²) in [6.45, 7) is 1.43. The van der Waals surface area contributed by atoms with Crippen LogP contribution in [0.15, 0.2) is 24.3 Å². The zero-order valence-electron chi connectivity index (χ0n) is 11.7. The van der Waals surface area contributed by atoms with E-state index in [1.807, 2.05) is 11.0 Å². The van der Waals surface area contributed by atoms with Crippen LogP contribution >= 0.6 is 0 Å². The fraction of sp³-hybridized carbons (Fsp3) is 0.529. The lowest BCUT2D eigenvalue weighted by atomic mass is 9.81. The van der Waals surface area contributed by atoms with E-state index in [4.69, 9.17) is 5.26 Å². The van der Waals surface area contributed by atoms with E-state index in [1.54, 1.807) is 0 Å². The second-order valence-corrected chi connectivity index (χ2v) is 5.90. The Morgan fingerprint density at radius 1 is 1.25 bits per heavy atom. The summed E-state index contributed by atoms with van der Waals surface area (Å²) in [4.78, 5) is 14.7. The summed E-state index contributed by atoms with van der Waals surface area (Å²) in [5, 5.41) is 9.07. The largest absolute Gasteiger partial charge is 0.341 e. The van der Waals surface area contributed by atoms with E-state index < -0.39 is 0 Å². The topological polar surface area (TPSA) is 44.1 Å². The quantitative estimate of drug-likeness (QED) is 0.786. The Bertz CT molecular complexity index is 546. The molecule has 1 saturated heterocycles. The van der Waals surface area contributed by atoms with Gasteiger partial charge in [-0.1, -0.05) is 24.3 Å². The minimum atomic E-state index is 0.0115. The molecule has 0 aromatic heterocycles. The van der Waals surface area contributed by atoms with E-state index in [9.17, 15) is 4.79 Å². The van der Waals surface area contributed by atoms with Crippen molar-refractivity contribution in [3.63, 3.8) is 0 Å². The van der Waals surface area contributed by atoms with Gasteiger partial charge in [-0.3, -0.25) is 4.79 Å². The molecule has 1 fully saturated rings. The van der Waals surface area contributed by atoms with E-state index in [-0.39, 0.29) is 17.7 Å². The van der Waals surface area contributed by atoms with Gasteiger partial charge in [-0.2, -0.15) is 5.26 Å². The molecular formula is C17H20N2O. The number of piperidine rings is 1. The molecule has 0 bridgehead atoms. The van der Waals surface area contributed by atoms with Crippen LogP contribution in [0.25, 0.3) is 0 Å². The van der Waals surface area contributed by atoms with Crippen LogP contribution in [0, 0.1) is 17.2 Å². The third-order valence-electron chi connectivity index (χ3n) is 4.58. The molecule has 2 unspecified atom stereocenters. The van der Waals surface area contributed by atoms with Gasteiger partial charge in [0.1, 0.15) is 0 Å². The van der Waals surface area contributed by atoms with Crippen LogP contribution in [0.5, 0.6) is 0 Å². The van der Waals surface area contributed by atoms with Crippen LogP contribution < -0.4 is 0 Å². The van der Waals surface area contributed by atoms with Crippen molar-refractivity contribution in [3.05, 3.63) is 35.4 Å². The van der Waals surface area contributed by atoms with Gasteiger partial charge in [0, 0.05) is 13.1 Å². The van der Waals surface area contributed by atoms with E-state index in [2.05, 4.69) is 24.3 Å². The van der Waals surface area contributed by atoms with Crippen molar-refractivity contribution in [2.24, 2.45) is 5.92 Å². The minimum Gasteiger partial charge on any atom is -0.341 e. The lowest BCUT2D eigenvalue weighted by Gasteiger charge is -2.34. The predicted octanol–water partition coefficient (Wildman–Crippen LogP) is 2.87. The average molecular weight is 268 g/mol. The van der Waals surface area contributed by atoms with Gasteiger partial charge in [0.25, 0.3) is 0 Å². The van der Waals surface area contributed by atoms with E-state index in [0.717, 1.165) is 38.6 Å². The van der Waals surface area contributed by atoms with Crippen LogP contribution in [-0.2, 0) is 11.2 Å². The highest BCUT2D eigenvalue weighted by molar-refractivity contribution is 5.84. The van der Waals surface area contributed by atoms with Gasteiger partial charge in [0.15, 0.2) is 0 Å². The number of hydrogen-bond donors (Lipinski definition) is 0. The van der Waals surface area contributed by atoms with Gasteiger partial charge in [-0.05, 0) is 43.2 Å². The highest BCUT2D eigenvalue weighted by atomic mass is 16.2. The van der Waals surface area contributed by atoms with Gasteiger partial charge in [-0.15, -0.1) is 0 Å². The first-order valence-electron chi connectivity index (χ1n) is 7.56. The predicted molar refractivity (Wildman–Crippen MR) is 77.0 cm³/mol. The lowest BCUT2D eigenvalue weighted by Crippen LogP contribution is -2.42. The molecule has 3 rings (SSSR count). The normalized spacial score (nSPS) is 25.6. The van der Waals surface area contributed by atoms with Crippen LogP contribution in [-0.4, -0.2) is 23.9 Å². The van der Waals surface area contributed by atoms with Crippen molar-refractivity contribution < 1.29 is 4.79 Å². The summed E-state index contributed by atoms with van der Waals surface area (Å²) in [6, 6.07) is 10.6. The summed E-state index contributed by atoms with van der Waals surface area (Å²) in [6.07, 6.45) is 5.01. The number of benzene rings is 1. The Morgan fingerprint density at radius 2 is 2.10 bits per heavy atom. The number of hydrogen-bond acceptors (Lipinski definition) is 2. The summed E-state index contributed by atoms with van der Waals surface area (Å²) in [5.74, 6) is 0.265. The third-order valence-corrected chi connectivity index (χ3v) is 4.58. The maximum atomic E-state index is 12.8. The first-order valence-corrected chi connectivity index (χ1v) is 7.56. The van der Waals surface area contributed by atoms with Crippen molar-refractivity contribution in [1.82, 2.24) is 4.90 Å². The van der Waals surface area contributed by atoms with Crippen molar-refractivity contribution >= 4 is 5.91 Å². The van der Waals surface area contributed by atoms with Crippen LogP contribution in [0.4, 0.5) is 0 Å². The Hall–Kier alpha value is -1.82. The molecule has 0 spiro atoms. The van der Waals surface area contributed by atoms with Crippen LogP contribution in [0.3, 0.4) is 0 Å². The molecule has 1 amide bonds. The molecule has 1 aromatic carbocycles. The molecule has 1 aliphatic heterocycles. The first kappa shape index (κ1) is 13.2. The van der Waals surface area contributed by atoms with Gasteiger partial charge >= 0.3 is 0 Å². The van der Waals surface area contributed by atoms with Crippen LogP contribution in [0.1, 0.15) is 42.7 Å². The number of carbonyl (C=O) groups is 1.